The summed E-state index contributed by atoms with van der Waals surface area (Å²) >= 11 is 0. The molecule has 2 N–H and O–H groups in total. The van der Waals surface area contributed by atoms with Crippen LogP contribution in [-0.4, -0.2) is 26.5 Å². The number of benzene rings is 2. The molecule has 2 heterocycles. The van der Waals surface area contributed by atoms with Crippen molar-refractivity contribution in [1.82, 2.24) is 9.55 Å². The number of carboxylic acid groups (broad SMARTS) is 1. The summed E-state index contributed by atoms with van der Waals surface area (Å²) in [6, 6.07) is 18.2. The first kappa shape index (κ1) is 18.1. The Labute approximate surface area is 172 Å². The number of fused-ring (bicyclic) bond motifs is 1. The van der Waals surface area contributed by atoms with Gasteiger partial charge in [-0.2, -0.15) is 0 Å². The third-order valence-electron chi connectivity index (χ3n) is 5.38. The number of nitrogens with one attached hydrogen (secondary N) is 1. The van der Waals surface area contributed by atoms with Crippen LogP contribution in [0.1, 0.15) is 45.0 Å². The summed E-state index contributed by atoms with van der Waals surface area (Å²) in [5, 5.41) is 13.6. The van der Waals surface area contributed by atoms with E-state index in [0.29, 0.717) is 23.0 Å². The van der Waals surface area contributed by atoms with E-state index >= 15 is 0 Å². The number of nitrogens with zero attached hydrogens (tertiary/aromatic N) is 2. The van der Waals surface area contributed by atoms with Crippen LogP contribution in [0.3, 0.4) is 0 Å². The van der Waals surface area contributed by atoms with Gasteiger partial charge in [0.15, 0.2) is 0 Å². The van der Waals surface area contributed by atoms with Crippen LogP contribution in [0.15, 0.2) is 73.1 Å². The summed E-state index contributed by atoms with van der Waals surface area (Å²) in [5.74, 6) is -0.362. The second kappa shape index (κ2) is 7.15. The fourth-order valence-corrected chi connectivity index (χ4v) is 3.64. The molecule has 0 amide bonds. The Morgan fingerprint density at radius 3 is 2.57 bits per heavy atom. The highest BCUT2D eigenvalue weighted by Gasteiger charge is 2.26. The third-order valence-corrected chi connectivity index (χ3v) is 5.38. The zero-order chi connectivity index (χ0) is 20.7. The molecule has 0 atom stereocenters. The maximum atomic E-state index is 12.8. The molecule has 30 heavy (non-hydrogen) atoms. The maximum Gasteiger partial charge on any atom is 0.339 e. The molecule has 0 unspecified atom stereocenters. The average molecular weight is 397 g/mol. The molecule has 1 aliphatic carbocycles. The lowest BCUT2D eigenvalue weighted by atomic mass is 10.1. The van der Waals surface area contributed by atoms with Gasteiger partial charge in [0.25, 0.3) is 5.91 Å². The molecular weight excluding hydrogens is 378 g/mol. The monoisotopic (exact) mass is 397 g/mol. The van der Waals surface area contributed by atoms with Crippen molar-refractivity contribution in [3.8, 4) is 0 Å². The minimum absolute atomic E-state index is 0.100. The van der Waals surface area contributed by atoms with E-state index in [9.17, 15) is 14.7 Å². The molecule has 5 rings (SSSR count). The van der Waals surface area contributed by atoms with Gasteiger partial charge in [-0.3, -0.25) is 9.36 Å². The number of carbonyl (C=O) groups excluding carboxylic acids is 1. The van der Waals surface area contributed by atoms with Gasteiger partial charge in [0.2, 0.25) is 0 Å². The van der Waals surface area contributed by atoms with Gasteiger partial charge in [-0.15, -0.1) is 0 Å². The molecule has 1 fully saturated rings. The van der Waals surface area contributed by atoms with Crippen LogP contribution in [0.25, 0.3) is 10.9 Å². The highest BCUT2D eigenvalue weighted by Crippen LogP contribution is 2.40. The molecule has 2 aromatic heterocycles. The van der Waals surface area contributed by atoms with E-state index in [4.69, 9.17) is 0 Å². The van der Waals surface area contributed by atoms with Crippen molar-refractivity contribution in [1.29, 1.82) is 0 Å². The fraction of sp³-hybridized carbons (Fsp3) is 0.125. The molecule has 6 heteroatoms. The molecule has 2 aromatic carbocycles. The zero-order valence-corrected chi connectivity index (χ0v) is 16.1. The summed E-state index contributed by atoms with van der Waals surface area (Å²) in [6.07, 6.45) is 5.67. The first-order valence-corrected chi connectivity index (χ1v) is 9.81. The summed E-state index contributed by atoms with van der Waals surface area (Å²) in [4.78, 5) is 28.9. The van der Waals surface area contributed by atoms with Crippen LogP contribution < -0.4 is 5.32 Å². The van der Waals surface area contributed by atoms with E-state index in [1.165, 1.54) is 0 Å². The molecule has 6 nitrogen and oxygen atoms in total. The van der Waals surface area contributed by atoms with E-state index in [1.807, 2.05) is 42.5 Å². The van der Waals surface area contributed by atoms with Crippen LogP contribution in [-0.2, 0) is 0 Å². The SMILES string of the molecule is O=C(O)c1cc(C2CC2)cnc1Nc1ccc2c(ccn2C(=O)c2ccccc2)c1. The summed E-state index contributed by atoms with van der Waals surface area (Å²) in [7, 11) is 0. The molecule has 0 spiro atoms. The lowest BCUT2D eigenvalue weighted by Gasteiger charge is -2.11. The molecule has 0 saturated heterocycles. The van der Waals surface area contributed by atoms with Crippen molar-refractivity contribution in [2.24, 2.45) is 0 Å². The quantitative estimate of drug-likeness (QED) is 0.493. The number of hydrogen-bond donors (Lipinski definition) is 2. The van der Waals surface area contributed by atoms with E-state index < -0.39 is 5.97 Å². The first-order valence-electron chi connectivity index (χ1n) is 9.81. The second-order valence-electron chi connectivity index (χ2n) is 7.50. The van der Waals surface area contributed by atoms with Crippen molar-refractivity contribution >= 4 is 34.3 Å². The third kappa shape index (κ3) is 3.33. The van der Waals surface area contributed by atoms with Crippen LogP contribution >= 0.6 is 0 Å². The zero-order valence-electron chi connectivity index (χ0n) is 16.1. The standard InChI is InChI=1S/C24H19N3O3/c28-23(16-4-2-1-3-5-16)27-11-10-17-12-19(8-9-21(17)27)26-22-20(24(29)30)13-18(14-25-22)15-6-7-15/h1-5,8-15H,6-7H2,(H,25,26)(H,29,30). The van der Waals surface area contributed by atoms with Gasteiger partial charge < -0.3 is 10.4 Å². The van der Waals surface area contributed by atoms with Gasteiger partial charge in [-0.05, 0) is 66.8 Å². The summed E-state index contributed by atoms with van der Waals surface area (Å²) in [6.45, 7) is 0. The van der Waals surface area contributed by atoms with Crippen LogP contribution in [0, 0.1) is 0 Å². The number of aromatic carboxylic acids is 1. The number of carbonyl (C=O) groups is 2. The Balaban J connectivity index is 1.45. The number of hydrogen-bond acceptors (Lipinski definition) is 4. The van der Waals surface area contributed by atoms with E-state index in [2.05, 4.69) is 10.3 Å². The lowest BCUT2D eigenvalue weighted by Crippen LogP contribution is -2.10. The Bertz CT molecular complexity index is 1270. The topological polar surface area (TPSA) is 84.2 Å². The summed E-state index contributed by atoms with van der Waals surface area (Å²) in [5.41, 5.74) is 3.25. The second-order valence-corrected chi connectivity index (χ2v) is 7.50. The van der Waals surface area contributed by atoms with Crippen LogP contribution in [0.5, 0.6) is 0 Å². The normalized spacial score (nSPS) is 13.3. The molecule has 0 aliphatic heterocycles. The molecule has 0 bridgehead atoms. The molecule has 4 aromatic rings. The summed E-state index contributed by atoms with van der Waals surface area (Å²) < 4.78 is 1.61. The predicted molar refractivity (Wildman–Crippen MR) is 115 cm³/mol. The Morgan fingerprint density at radius 1 is 1.03 bits per heavy atom. The lowest BCUT2D eigenvalue weighted by molar-refractivity contribution is 0.0697. The van der Waals surface area contributed by atoms with Gasteiger partial charge in [-0.25, -0.2) is 9.78 Å². The minimum Gasteiger partial charge on any atom is -0.478 e. The Kier molecular flexibility index (Phi) is 4.32. The number of pyridine rings is 1. The molecule has 0 radical (unpaired) electrons. The highest BCUT2D eigenvalue weighted by molar-refractivity contribution is 6.02. The van der Waals surface area contributed by atoms with E-state index in [-0.39, 0.29) is 11.5 Å². The predicted octanol–water partition coefficient (Wildman–Crippen LogP) is 5.04. The van der Waals surface area contributed by atoms with Gasteiger partial charge in [0.05, 0.1) is 5.52 Å². The average Bonchev–Trinajstić information content (AvgIpc) is 3.53. The Morgan fingerprint density at radius 2 is 1.83 bits per heavy atom. The molecular formula is C24H19N3O3. The number of aromatic nitrogens is 2. The van der Waals surface area contributed by atoms with Crippen molar-refractivity contribution < 1.29 is 14.7 Å². The van der Waals surface area contributed by atoms with Gasteiger partial charge in [0, 0.05) is 29.0 Å². The van der Waals surface area contributed by atoms with E-state index in [1.54, 1.807) is 35.2 Å². The number of rotatable bonds is 5. The minimum atomic E-state index is -1.01. The number of carboxylic acids is 1. The van der Waals surface area contributed by atoms with Crippen molar-refractivity contribution in [3.63, 3.8) is 0 Å². The highest BCUT2D eigenvalue weighted by atomic mass is 16.4. The van der Waals surface area contributed by atoms with Crippen molar-refractivity contribution in [3.05, 3.63) is 89.7 Å². The smallest absolute Gasteiger partial charge is 0.339 e. The van der Waals surface area contributed by atoms with Crippen LogP contribution in [0.4, 0.5) is 11.5 Å². The van der Waals surface area contributed by atoms with Crippen LogP contribution in [0.2, 0.25) is 0 Å². The van der Waals surface area contributed by atoms with Gasteiger partial charge in [-0.1, -0.05) is 18.2 Å². The van der Waals surface area contributed by atoms with E-state index in [0.717, 1.165) is 29.3 Å². The molecule has 1 aliphatic rings. The number of anilines is 2. The maximum absolute atomic E-state index is 12.8. The largest absolute Gasteiger partial charge is 0.478 e. The molecule has 148 valence electrons. The van der Waals surface area contributed by atoms with Gasteiger partial charge in [0.1, 0.15) is 11.4 Å². The van der Waals surface area contributed by atoms with Crippen molar-refractivity contribution in [2.45, 2.75) is 18.8 Å². The van der Waals surface area contributed by atoms with Crippen molar-refractivity contribution in [2.75, 3.05) is 5.32 Å². The first-order chi connectivity index (χ1) is 14.6. The molecule has 1 saturated carbocycles. The van der Waals surface area contributed by atoms with Gasteiger partial charge >= 0.3 is 5.97 Å². The fourth-order valence-electron chi connectivity index (χ4n) is 3.64. The Hall–Kier alpha value is -3.93.